The molecule has 6 nitrogen and oxygen atoms in total. The molecule has 0 spiro atoms. The maximum Gasteiger partial charge on any atom is 0.317 e. The van der Waals surface area contributed by atoms with Crippen molar-refractivity contribution in [1.29, 1.82) is 0 Å². The number of nitrogens with two attached hydrogens (primary N) is 1. The first-order valence-electron chi connectivity index (χ1n) is 5.90. The molecular weight excluding hydrogens is 248 g/mol. The summed E-state index contributed by atoms with van der Waals surface area (Å²) in [5, 5.41) is 8.72. The van der Waals surface area contributed by atoms with Gasteiger partial charge in [-0.25, -0.2) is 0 Å². The van der Waals surface area contributed by atoms with Crippen LogP contribution in [-0.2, 0) is 9.59 Å². The van der Waals surface area contributed by atoms with Gasteiger partial charge in [0.25, 0.3) is 0 Å². The minimum absolute atomic E-state index is 0.0938. The number of benzene rings is 1. The number of hydrogen-bond donors (Lipinski definition) is 2. The van der Waals surface area contributed by atoms with Crippen molar-refractivity contribution in [3.63, 3.8) is 0 Å². The van der Waals surface area contributed by atoms with Gasteiger partial charge in [0.15, 0.2) is 0 Å². The van der Waals surface area contributed by atoms with Gasteiger partial charge in [-0.15, -0.1) is 0 Å². The summed E-state index contributed by atoms with van der Waals surface area (Å²) >= 11 is 0. The molecule has 0 radical (unpaired) electrons. The molecular formula is C13H18N2O4. The van der Waals surface area contributed by atoms with Crippen molar-refractivity contribution in [3.8, 4) is 5.75 Å². The molecule has 1 aromatic carbocycles. The minimum Gasteiger partial charge on any atom is -0.492 e. The van der Waals surface area contributed by atoms with Gasteiger partial charge in [0.1, 0.15) is 12.4 Å². The maximum atomic E-state index is 10.8. The van der Waals surface area contributed by atoms with Crippen LogP contribution in [0.25, 0.3) is 0 Å². The molecule has 0 aliphatic carbocycles. The molecule has 0 heterocycles. The molecule has 1 aromatic rings. The number of para-hydroxylation sites is 1. The normalized spacial score (nSPS) is 10.4. The highest BCUT2D eigenvalue weighted by Gasteiger charge is 2.12. The van der Waals surface area contributed by atoms with Crippen molar-refractivity contribution in [2.24, 2.45) is 5.73 Å². The Bertz CT molecular complexity index is 432. The predicted molar refractivity (Wildman–Crippen MR) is 69.9 cm³/mol. The number of nitrogens with zero attached hydrogens (tertiary/aromatic N) is 1. The summed E-state index contributed by atoms with van der Waals surface area (Å²) in [6.07, 6.45) is 0. The molecule has 1 rings (SSSR count). The Labute approximate surface area is 111 Å². The molecule has 0 saturated carbocycles. The van der Waals surface area contributed by atoms with Crippen molar-refractivity contribution >= 4 is 11.9 Å². The van der Waals surface area contributed by atoms with Crippen LogP contribution in [0, 0.1) is 6.92 Å². The van der Waals surface area contributed by atoms with Gasteiger partial charge in [0.05, 0.1) is 13.1 Å². The third-order valence-corrected chi connectivity index (χ3v) is 2.50. The molecule has 0 unspecified atom stereocenters. The Kier molecular flexibility index (Phi) is 5.81. The van der Waals surface area contributed by atoms with Crippen LogP contribution < -0.4 is 10.5 Å². The lowest BCUT2D eigenvalue weighted by atomic mass is 10.2. The molecule has 0 saturated heterocycles. The van der Waals surface area contributed by atoms with Crippen molar-refractivity contribution in [2.45, 2.75) is 6.92 Å². The average molecular weight is 266 g/mol. The second-order valence-corrected chi connectivity index (χ2v) is 4.18. The predicted octanol–water partition coefficient (Wildman–Crippen LogP) is 0.246. The summed E-state index contributed by atoms with van der Waals surface area (Å²) in [7, 11) is 0. The number of carbonyl (C=O) groups is 2. The van der Waals surface area contributed by atoms with Crippen LogP contribution in [0.5, 0.6) is 5.75 Å². The summed E-state index contributed by atoms with van der Waals surface area (Å²) < 4.78 is 5.54. The first kappa shape index (κ1) is 15.0. The number of carboxylic acids is 1. The fourth-order valence-corrected chi connectivity index (χ4v) is 1.63. The Morgan fingerprint density at radius 3 is 2.58 bits per heavy atom. The first-order chi connectivity index (χ1) is 8.99. The smallest absolute Gasteiger partial charge is 0.317 e. The highest BCUT2D eigenvalue weighted by atomic mass is 16.5. The maximum absolute atomic E-state index is 10.8. The molecule has 6 heteroatoms. The number of aliphatic carboxylic acids is 1. The van der Waals surface area contributed by atoms with E-state index in [0.717, 1.165) is 11.3 Å². The summed E-state index contributed by atoms with van der Waals surface area (Å²) in [4.78, 5) is 22.9. The molecule has 1 amide bonds. The van der Waals surface area contributed by atoms with Crippen LogP contribution in [0.1, 0.15) is 5.56 Å². The number of aryl methyl sites for hydroxylation is 1. The quantitative estimate of drug-likeness (QED) is 0.703. The molecule has 104 valence electrons. The van der Waals surface area contributed by atoms with Gasteiger partial charge in [0.2, 0.25) is 5.91 Å². The Balaban J connectivity index is 2.45. The summed E-state index contributed by atoms with van der Waals surface area (Å²) in [6.45, 7) is 2.21. The van der Waals surface area contributed by atoms with E-state index in [0.29, 0.717) is 13.2 Å². The van der Waals surface area contributed by atoms with Crippen molar-refractivity contribution in [1.82, 2.24) is 4.90 Å². The van der Waals surface area contributed by atoms with Gasteiger partial charge in [-0.05, 0) is 18.6 Å². The number of carboxylic acid groups (broad SMARTS) is 1. The Morgan fingerprint density at radius 1 is 1.32 bits per heavy atom. The average Bonchev–Trinajstić information content (AvgIpc) is 2.30. The highest BCUT2D eigenvalue weighted by molar-refractivity contribution is 5.77. The van der Waals surface area contributed by atoms with Crippen LogP contribution in [0.4, 0.5) is 0 Å². The Hall–Kier alpha value is -2.08. The van der Waals surface area contributed by atoms with E-state index in [1.807, 2.05) is 31.2 Å². The highest BCUT2D eigenvalue weighted by Crippen LogP contribution is 2.15. The standard InChI is InChI=1S/C13H18N2O4/c1-10-4-2-3-5-11(10)19-7-6-15(8-12(14)16)9-13(17)18/h2-5H,6-9H2,1H3,(H2,14,16)(H,17,18). The molecule has 0 aromatic heterocycles. The lowest BCUT2D eigenvalue weighted by Crippen LogP contribution is -2.39. The van der Waals surface area contributed by atoms with E-state index in [9.17, 15) is 9.59 Å². The molecule has 0 fully saturated rings. The van der Waals surface area contributed by atoms with Gasteiger partial charge < -0.3 is 15.6 Å². The zero-order valence-electron chi connectivity index (χ0n) is 10.8. The first-order valence-corrected chi connectivity index (χ1v) is 5.90. The van der Waals surface area contributed by atoms with Gasteiger partial charge in [-0.3, -0.25) is 14.5 Å². The van der Waals surface area contributed by atoms with Crippen LogP contribution in [-0.4, -0.2) is 48.1 Å². The third kappa shape index (κ3) is 5.87. The monoisotopic (exact) mass is 266 g/mol. The lowest BCUT2D eigenvalue weighted by molar-refractivity contribution is -0.138. The molecule has 0 aliphatic heterocycles. The van der Waals surface area contributed by atoms with Crippen molar-refractivity contribution in [3.05, 3.63) is 29.8 Å². The van der Waals surface area contributed by atoms with Crippen LogP contribution in [0.2, 0.25) is 0 Å². The van der Waals surface area contributed by atoms with E-state index < -0.39 is 11.9 Å². The van der Waals surface area contributed by atoms with Gasteiger partial charge in [-0.1, -0.05) is 18.2 Å². The molecule has 0 bridgehead atoms. The molecule has 0 atom stereocenters. The number of amides is 1. The number of rotatable bonds is 8. The van der Waals surface area contributed by atoms with Crippen LogP contribution >= 0.6 is 0 Å². The fourth-order valence-electron chi connectivity index (χ4n) is 1.63. The van der Waals surface area contributed by atoms with Gasteiger partial charge >= 0.3 is 5.97 Å². The topological polar surface area (TPSA) is 92.9 Å². The second-order valence-electron chi connectivity index (χ2n) is 4.18. The zero-order valence-corrected chi connectivity index (χ0v) is 10.8. The zero-order chi connectivity index (χ0) is 14.3. The lowest BCUT2D eigenvalue weighted by Gasteiger charge is -2.18. The fraction of sp³-hybridized carbons (Fsp3) is 0.385. The van der Waals surface area contributed by atoms with Crippen LogP contribution in [0.15, 0.2) is 24.3 Å². The SMILES string of the molecule is Cc1ccccc1OCCN(CC(N)=O)CC(=O)O. The van der Waals surface area contributed by atoms with Crippen molar-refractivity contribution in [2.75, 3.05) is 26.2 Å². The minimum atomic E-state index is -1.00. The van der Waals surface area contributed by atoms with E-state index in [4.69, 9.17) is 15.6 Å². The van der Waals surface area contributed by atoms with E-state index in [-0.39, 0.29) is 13.1 Å². The number of primary amides is 1. The van der Waals surface area contributed by atoms with E-state index in [1.54, 1.807) is 0 Å². The number of hydrogen-bond acceptors (Lipinski definition) is 4. The Morgan fingerprint density at radius 2 is 2.00 bits per heavy atom. The van der Waals surface area contributed by atoms with E-state index in [1.165, 1.54) is 4.90 Å². The summed E-state index contributed by atoms with van der Waals surface area (Å²) in [5.74, 6) is -0.814. The van der Waals surface area contributed by atoms with E-state index >= 15 is 0 Å². The van der Waals surface area contributed by atoms with Crippen LogP contribution in [0.3, 0.4) is 0 Å². The van der Waals surface area contributed by atoms with Gasteiger partial charge in [0, 0.05) is 6.54 Å². The molecule has 3 N–H and O–H groups in total. The summed E-state index contributed by atoms with van der Waals surface area (Å²) in [5.41, 5.74) is 6.06. The molecule has 19 heavy (non-hydrogen) atoms. The largest absolute Gasteiger partial charge is 0.492 e. The third-order valence-electron chi connectivity index (χ3n) is 2.50. The van der Waals surface area contributed by atoms with E-state index in [2.05, 4.69) is 0 Å². The van der Waals surface area contributed by atoms with Crippen molar-refractivity contribution < 1.29 is 19.4 Å². The number of carbonyl (C=O) groups excluding carboxylic acids is 1. The molecule has 0 aliphatic rings. The summed E-state index contributed by atoms with van der Waals surface area (Å²) in [6, 6.07) is 7.53. The second kappa shape index (κ2) is 7.38. The number of ether oxygens (including phenoxy) is 1. The van der Waals surface area contributed by atoms with Gasteiger partial charge in [-0.2, -0.15) is 0 Å².